The molecule has 31 nitrogen and oxygen atoms in total. The van der Waals surface area contributed by atoms with Crippen molar-refractivity contribution in [2.45, 2.75) is 280 Å². The molecule has 0 saturated heterocycles. The van der Waals surface area contributed by atoms with Crippen LogP contribution in [0.3, 0.4) is 0 Å². The summed E-state index contributed by atoms with van der Waals surface area (Å²) in [5.74, 6) is -1.02. The molecule has 1 aliphatic carbocycles. The van der Waals surface area contributed by atoms with Crippen LogP contribution in [0.1, 0.15) is 267 Å². The van der Waals surface area contributed by atoms with E-state index in [1.165, 1.54) is 35.1 Å². The molecule has 3 atom stereocenters. The maximum Gasteiger partial charge on any atom is 0.303 e. The van der Waals surface area contributed by atoms with Crippen LogP contribution in [-0.4, -0.2) is 184 Å². The molecular formula is C100H131N14O17S4+. The fourth-order valence-electron chi connectivity index (χ4n) is 19.2. The van der Waals surface area contributed by atoms with E-state index in [4.69, 9.17) is 9.97 Å². The van der Waals surface area contributed by atoms with Crippen molar-refractivity contribution >= 4 is 114 Å². The summed E-state index contributed by atoms with van der Waals surface area (Å²) >= 11 is 0. The fraction of sp³-hybridized carbons (Fsp3) is 0.500. The molecule has 3 aliphatic heterocycles. The van der Waals surface area contributed by atoms with Gasteiger partial charge < -0.3 is 36.6 Å². The van der Waals surface area contributed by atoms with Crippen molar-refractivity contribution < 1.29 is 81.0 Å². The Balaban J connectivity index is 0.690. The van der Waals surface area contributed by atoms with E-state index in [1.807, 2.05) is 80.8 Å². The molecule has 12 rings (SSSR count). The number of carboxylic acid groups (broad SMARTS) is 1. The quantitative estimate of drug-likeness (QED) is 0.00740. The number of pyridine rings is 2. The Morgan fingerprint density at radius 2 is 1.23 bits per heavy atom. The molecule has 0 bridgehead atoms. The highest BCUT2D eigenvalue weighted by Crippen LogP contribution is 2.52. The number of nitrogens with one attached hydrogen (secondary N) is 5. The Morgan fingerprint density at radius 3 is 1.93 bits per heavy atom. The lowest BCUT2D eigenvalue weighted by molar-refractivity contribution is -0.437. The number of anilines is 2. The van der Waals surface area contributed by atoms with E-state index in [2.05, 4.69) is 65.6 Å². The smallest absolute Gasteiger partial charge is 0.303 e. The average Bonchev–Trinajstić information content (AvgIpc) is 1.57. The third kappa shape index (κ3) is 27.9. The number of aliphatic carboxylic acids is 1. The van der Waals surface area contributed by atoms with Gasteiger partial charge in [-0.2, -0.15) is 29.8 Å². The Morgan fingerprint density at radius 1 is 0.600 bits per heavy atom. The lowest BCUT2D eigenvalue weighted by atomic mass is 9.79. The summed E-state index contributed by atoms with van der Waals surface area (Å²) in [6.45, 7) is 15.4. The monoisotopic (exact) mass is 1930 g/mol. The maximum atomic E-state index is 15.0. The SMILES string of the molecule is Cc1ncc([C@@H](CCCCCCc2nc3c(cc2CNC(=O)CCC(=O)NCCCC[C@H](NC(=O)CCCN(C)S(=O)(=O)c2cccc4c5c(ccc24)N(CCCS(=O)(=O)O)/C(=C/C=C/C=C/C2=[N+](CCCS(=O)(=O)O)c4ccc6ccc(S(=O)(=O)O)cc6c4C2(C)C)C5(C)C)C(=O)NCc2cc4c(nc2CCCCCC[C@@H](C)c2cnc(C)nc2)NCCC4)CCCC3)CC(=O)O)cn1. The molecule has 7 heterocycles. The van der Waals surface area contributed by atoms with E-state index in [1.54, 1.807) is 67.9 Å². The van der Waals surface area contributed by atoms with Gasteiger partial charge in [0.25, 0.3) is 30.4 Å². The number of hydrogen-bond acceptors (Lipinski definition) is 21. The molecule has 8 aromatic rings. The molecule has 135 heavy (non-hydrogen) atoms. The molecule has 0 spiro atoms. The van der Waals surface area contributed by atoms with E-state index in [9.17, 15) is 68.0 Å². The normalized spacial score (nSPS) is 15.8. The van der Waals surface area contributed by atoms with Gasteiger partial charge in [0.05, 0.1) is 33.1 Å². The number of aromatic nitrogens is 6. The molecule has 4 aliphatic rings. The first-order chi connectivity index (χ1) is 64.2. The van der Waals surface area contributed by atoms with Crippen LogP contribution in [0.5, 0.6) is 0 Å². The number of carbonyl (C=O) groups excluding carboxylic acids is 4. The van der Waals surface area contributed by atoms with Gasteiger partial charge in [-0.1, -0.05) is 108 Å². The summed E-state index contributed by atoms with van der Waals surface area (Å²) in [4.78, 5) is 96.8. The van der Waals surface area contributed by atoms with E-state index in [-0.39, 0.29) is 118 Å². The minimum atomic E-state index is -4.59. The number of hydrogen-bond donors (Lipinski definition) is 9. The number of carbonyl (C=O) groups is 5. The van der Waals surface area contributed by atoms with Gasteiger partial charge in [0.1, 0.15) is 30.1 Å². The van der Waals surface area contributed by atoms with Gasteiger partial charge in [-0.3, -0.25) is 42.6 Å². The topological polar surface area (TPSA) is 450 Å². The van der Waals surface area contributed by atoms with Gasteiger partial charge in [0.15, 0.2) is 5.71 Å². The first-order valence-electron chi connectivity index (χ1n) is 47.3. The minimum absolute atomic E-state index is 0.0000198. The molecule has 4 amide bonds. The van der Waals surface area contributed by atoms with Crippen molar-refractivity contribution in [3.63, 3.8) is 0 Å². The van der Waals surface area contributed by atoms with Crippen molar-refractivity contribution in [2.24, 2.45) is 0 Å². The molecule has 9 N–H and O–H groups in total. The van der Waals surface area contributed by atoms with Crippen LogP contribution in [0.25, 0.3) is 21.5 Å². The number of benzene rings is 4. The molecule has 726 valence electrons. The number of aryl methyl sites for hydroxylation is 7. The number of fused-ring (bicyclic) bond motifs is 8. The number of sulfonamides is 1. The lowest BCUT2D eigenvalue weighted by Crippen LogP contribution is -2.46. The Hall–Kier alpha value is -10.7. The molecule has 0 fully saturated rings. The number of rotatable bonds is 50. The highest BCUT2D eigenvalue weighted by Gasteiger charge is 2.47. The maximum absolute atomic E-state index is 15.0. The number of unbranched alkanes of at least 4 members (excludes halogenated alkanes) is 7. The Labute approximate surface area is 794 Å². The number of nitrogens with zero attached hydrogens (tertiary/aromatic N) is 9. The van der Waals surface area contributed by atoms with Crippen LogP contribution >= 0.6 is 0 Å². The first-order valence-corrected chi connectivity index (χ1v) is 53.4. The van der Waals surface area contributed by atoms with E-state index < -0.39 is 86.5 Å². The highest BCUT2D eigenvalue weighted by atomic mass is 32.2. The molecule has 0 radical (unpaired) electrons. The molecule has 0 saturated carbocycles. The molecule has 35 heteroatoms. The van der Waals surface area contributed by atoms with Crippen LogP contribution in [0.4, 0.5) is 17.2 Å². The molecule has 4 aromatic carbocycles. The summed E-state index contributed by atoms with van der Waals surface area (Å²) in [7, 11) is -16.1. The molecular weight excluding hydrogens is 1800 g/mol. The van der Waals surface area contributed by atoms with Crippen LogP contribution in [0.2, 0.25) is 0 Å². The van der Waals surface area contributed by atoms with E-state index in [0.29, 0.717) is 81.8 Å². The summed E-state index contributed by atoms with van der Waals surface area (Å²) in [5, 5.41) is 27.5. The lowest BCUT2D eigenvalue weighted by Gasteiger charge is -2.27. The fourth-order valence-corrected chi connectivity index (χ4v) is 22.1. The summed E-state index contributed by atoms with van der Waals surface area (Å²) in [5.41, 5.74) is 11.6. The van der Waals surface area contributed by atoms with Gasteiger partial charge >= 0.3 is 5.97 Å². The standard InChI is InChI=1S/C100H130N14O17S4/c1-67(76-63-103-68(2)104-64-76)29-14-9-11-17-35-84-75(58-73-32-25-51-102-97(73)111-84)62-108-98(120)85(37-22-23-50-101-91(115)48-49-92(116)107-61-74-57-72-31-20-21-36-82(72)109-83(74)34-16-12-10-15-30-71(59-94(118)119)77-65-105-69(3)106-66-77)110-93(117)41-26-52-112(8)134(127,128)88-38-24-33-80-79(88)45-47-87-95(80)99(4,5)89(114(87)54-28-56-133(124,125)126)39-18-13-19-40-90-100(6,7)96-81-60-78(135(129,130)131)44-42-70(81)43-46-86(96)113(90)53-27-55-132(121,122)123/h13,18-19,24,33,38-40,42-47,57-58,60,63-67,71,85H,9-12,14-17,20-23,25-32,34-37,41,48-56,59,61-62H2,1-8H3,(H8-,101,102,107,108,110,111,115,116,117,118,119,120,121,122,123,124,125,126,129,130,131)/p+1/t67-,71+,85+/m1/s1. The first kappa shape index (κ1) is 103. The predicted octanol–water partition coefficient (Wildman–Crippen LogP) is 14.8. The van der Waals surface area contributed by atoms with Crippen LogP contribution in [0, 0.1) is 13.8 Å². The number of carboxylic acids is 1. The van der Waals surface area contributed by atoms with Gasteiger partial charge in [0.2, 0.25) is 39.3 Å². The highest BCUT2D eigenvalue weighted by molar-refractivity contribution is 7.89. The van der Waals surface area contributed by atoms with Gasteiger partial charge in [-0.05, 0) is 246 Å². The zero-order valence-corrected chi connectivity index (χ0v) is 82.0. The third-order valence-corrected chi connectivity index (χ3v) is 30.8. The summed E-state index contributed by atoms with van der Waals surface area (Å²) in [6, 6.07) is 19.8. The van der Waals surface area contributed by atoms with E-state index in [0.717, 1.165) is 177 Å². The molecule has 4 aromatic heterocycles. The summed E-state index contributed by atoms with van der Waals surface area (Å²) < 4.78 is 136. The van der Waals surface area contributed by atoms with Crippen molar-refractivity contribution in [1.82, 2.24) is 55.5 Å². The van der Waals surface area contributed by atoms with Crippen LogP contribution in [0.15, 0.2) is 143 Å². The van der Waals surface area contributed by atoms with Crippen LogP contribution < -0.4 is 31.5 Å². The Bertz CT molecular complexity index is 6270. The predicted molar refractivity (Wildman–Crippen MR) is 523 cm³/mol. The van der Waals surface area contributed by atoms with Crippen molar-refractivity contribution in [1.29, 1.82) is 0 Å². The Kier molecular flexibility index (Phi) is 35.5. The third-order valence-electron chi connectivity index (χ3n) is 26.5. The zero-order chi connectivity index (χ0) is 97.0. The van der Waals surface area contributed by atoms with Crippen molar-refractivity contribution in [3.8, 4) is 0 Å². The van der Waals surface area contributed by atoms with Gasteiger partial charge in [-0.15, -0.1) is 0 Å². The zero-order valence-electron chi connectivity index (χ0n) is 78.8. The second-order valence-corrected chi connectivity index (χ2v) is 43.9. The minimum Gasteiger partial charge on any atom is -0.481 e. The van der Waals surface area contributed by atoms with E-state index >= 15 is 8.42 Å². The second-order valence-electron chi connectivity index (χ2n) is 37.3. The van der Waals surface area contributed by atoms with Gasteiger partial charge in [0, 0.05) is 154 Å². The number of amides is 4. The number of allylic oxidation sites excluding steroid dienone is 6. The van der Waals surface area contributed by atoms with Gasteiger partial charge in [-0.25, -0.2) is 37.6 Å². The van der Waals surface area contributed by atoms with Crippen molar-refractivity contribution in [2.75, 3.05) is 61.5 Å². The van der Waals surface area contributed by atoms with Crippen LogP contribution in [-0.2, 0) is 120 Å². The summed E-state index contributed by atoms with van der Waals surface area (Å²) in [6.07, 6.45) is 33.7. The molecule has 0 unspecified atom stereocenters. The average molecular weight is 1930 g/mol. The van der Waals surface area contributed by atoms with Crippen molar-refractivity contribution in [3.05, 3.63) is 207 Å². The largest absolute Gasteiger partial charge is 0.481 e. The second kappa shape index (κ2) is 46.5.